The van der Waals surface area contributed by atoms with Gasteiger partial charge in [0.1, 0.15) is 19.0 Å². The molecule has 1 N–H and O–H groups in total. The summed E-state index contributed by atoms with van der Waals surface area (Å²) < 4.78 is 10.9. The van der Waals surface area contributed by atoms with E-state index in [0.717, 1.165) is 29.2 Å². The number of hydrogen-bond donors (Lipinski definition) is 1. The van der Waals surface area contributed by atoms with Gasteiger partial charge in [-0.15, -0.1) is 0 Å². The van der Waals surface area contributed by atoms with Gasteiger partial charge in [0.05, 0.1) is 6.61 Å². The van der Waals surface area contributed by atoms with Gasteiger partial charge in [-0.3, -0.25) is 0 Å². The summed E-state index contributed by atoms with van der Waals surface area (Å²) in [5.74, 6) is 0.824. The number of esters is 1. The smallest absolute Gasteiger partial charge is 0.330 e. The molecule has 0 radical (unpaired) electrons. The second-order valence-corrected chi connectivity index (χ2v) is 9.39. The van der Waals surface area contributed by atoms with E-state index in [1.54, 1.807) is 0 Å². The van der Waals surface area contributed by atoms with Gasteiger partial charge in [-0.05, 0) is 70.7 Å². The van der Waals surface area contributed by atoms with Gasteiger partial charge in [-0.1, -0.05) is 81.3 Å². The summed E-state index contributed by atoms with van der Waals surface area (Å²) in [7, 11) is 0. The Morgan fingerprint density at radius 2 is 1.64 bits per heavy atom. The first-order valence-electron chi connectivity index (χ1n) is 13.0. The highest BCUT2D eigenvalue weighted by molar-refractivity contribution is 5.81. The number of ether oxygens (including phenoxy) is 2. The lowest BCUT2D eigenvalue weighted by molar-refractivity contribution is -0.139. The Bertz CT molecular complexity index is 1170. The van der Waals surface area contributed by atoms with E-state index in [-0.39, 0.29) is 19.8 Å². The lowest BCUT2D eigenvalue weighted by Gasteiger charge is -2.22. The molecule has 36 heavy (non-hydrogen) atoms. The van der Waals surface area contributed by atoms with Crippen LogP contribution >= 0.6 is 0 Å². The second kappa shape index (κ2) is 12.5. The van der Waals surface area contributed by atoms with E-state index in [4.69, 9.17) is 14.6 Å². The van der Waals surface area contributed by atoms with Crippen molar-refractivity contribution in [3.8, 4) is 28.0 Å². The minimum atomic E-state index is -0.485. The molecule has 0 unspecified atom stereocenters. The molecule has 0 heterocycles. The van der Waals surface area contributed by atoms with Crippen molar-refractivity contribution >= 4 is 5.97 Å². The predicted molar refractivity (Wildman–Crippen MR) is 145 cm³/mol. The standard InChI is InChI=1S/C32H36O4/c1-3-23-20-27(26-12-10-25(11-13-26)24-8-6-5-7-9-24)14-16-30(23)28-15-17-31(35-19-18-33)29(21-28)22-36-32(34)4-2/h4,10-17,20-21,24,33H,2-3,5-9,18-19,22H2,1H3. The number of carbonyl (C=O) groups excluding carboxylic acids is 1. The van der Waals surface area contributed by atoms with Crippen LogP contribution in [0.5, 0.6) is 5.75 Å². The molecule has 0 bridgehead atoms. The molecular weight excluding hydrogens is 448 g/mol. The fourth-order valence-electron chi connectivity index (χ4n) is 5.10. The van der Waals surface area contributed by atoms with Crippen molar-refractivity contribution in [2.75, 3.05) is 13.2 Å². The van der Waals surface area contributed by atoms with Crippen LogP contribution in [0.4, 0.5) is 0 Å². The Balaban J connectivity index is 1.60. The fraction of sp³-hybridized carbons (Fsp3) is 0.344. The van der Waals surface area contributed by atoms with E-state index < -0.39 is 5.97 Å². The SMILES string of the molecule is C=CC(=O)OCc1cc(-c2ccc(-c3ccc(C4CCCCC4)cc3)cc2CC)ccc1OCCO. The highest BCUT2D eigenvalue weighted by Crippen LogP contribution is 2.35. The summed E-state index contributed by atoms with van der Waals surface area (Å²) in [6.45, 7) is 5.79. The van der Waals surface area contributed by atoms with Gasteiger partial charge in [0, 0.05) is 11.6 Å². The molecule has 0 saturated heterocycles. The number of rotatable bonds is 10. The molecule has 0 amide bonds. The fourth-order valence-corrected chi connectivity index (χ4v) is 5.10. The number of hydrogen-bond acceptors (Lipinski definition) is 4. The summed E-state index contributed by atoms with van der Waals surface area (Å²) >= 11 is 0. The zero-order valence-corrected chi connectivity index (χ0v) is 21.2. The highest BCUT2D eigenvalue weighted by Gasteiger charge is 2.16. The molecule has 3 aromatic carbocycles. The molecule has 1 fully saturated rings. The van der Waals surface area contributed by atoms with Gasteiger partial charge in [0.15, 0.2) is 0 Å². The van der Waals surface area contributed by atoms with Crippen molar-refractivity contribution in [3.63, 3.8) is 0 Å². The quantitative estimate of drug-likeness (QED) is 0.244. The monoisotopic (exact) mass is 484 g/mol. The third kappa shape index (κ3) is 6.24. The lowest BCUT2D eigenvalue weighted by Crippen LogP contribution is -2.06. The van der Waals surface area contributed by atoms with Crippen LogP contribution in [-0.4, -0.2) is 24.3 Å². The molecule has 0 spiro atoms. The topological polar surface area (TPSA) is 55.8 Å². The molecule has 0 aromatic heterocycles. The van der Waals surface area contributed by atoms with Crippen molar-refractivity contribution in [2.24, 2.45) is 0 Å². The summed E-state index contributed by atoms with van der Waals surface area (Å²) in [6, 6.07) is 21.7. The summed E-state index contributed by atoms with van der Waals surface area (Å²) in [6.07, 6.45) is 8.74. The van der Waals surface area contributed by atoms with Gasteiger partial charge in [0.25, 0.3) is 0 Å². The first-order valence-corrected chi connectivity index (χ1v) is 13.0. The van der Waals surface area contributed by atoms with Crippen LogP contribution in [0, 0.1) is 0 Å². The molecule has 0 atom stereocenters. The van der Waals surface area contributed by atoms with Gasteiger partial charge >= 0.3 is 5.97 Å². The lowest BCUT2D eigenvalue weighted by atomic mass is 9.83. The number of aliphatic hydroxyl groups excluding tert-OH is 1. The van der Waals surface area contributed by atoms with Crippen LogP contribution in [0.15, 0.2) is 73.3 Å². The molecule has 0 aliphatic heterocycles. The largest absolute Gasteiger partial charge is 0.491 e. The van der Waals surface area contributed by atoms with E-state index in [1.165, 1.54) is 54.4 Å². The first-order chi connectivity index (χ1) is 17.6. The summed E-state index contributed by atoms with van der Waals surface area (Å²) in [5.41, 5.74) is 8.10. The van der Waals surface area contributed by atoms with Crippen molar-refractivity contribution in [3.05, 3.63) is 90.0 Å². The third-order valence-electron chi connectivity index (χ3n) is 7.06. The highest BCUT2D eigenvalue weighted by atomic mass is 16.5. The average molecular weight is 485 g/mol. The first kappa shape index (κ1) is 25.7. The van der Waals surface area contributed by atoms with Crippen LogP contribution in [0.1, 0.15) is 61.6 Å². The zero-order valence-electron chi connectivity index (χ0n) is 21.2. The average Bonchev–Trinajstić information content (AvgIpc) is 2.95. The second-order valence-electron chi connectivity index (χ2n) is 9.39. The Morgan fingerprint density at radius 1 is 0.944 bits per heavy atom. The van der Waals surface area contributed by atoms with E-state index in [9.17, 15) is 4.79 Å². The molecule has 1 aliphatic rings. The Labute approximate surface area is 214 Å². The van der Waals surface area contributed by atoms with E-state index in [2.05, 4.69) is 56.0 Å². The van der Waals surface area contributed by atoms with Crippen molar-refractivity contribution in [2.45, 2.75) is 58.0 Å². The van der Waals surface area contributed by atoms with E-state index in [1.807, 2.05) is 18.2 Å². The minimum absolute atomic E-state index is 0.0757. The Kier molecular flexibility index (Phi) is 8.96. The Hall–Kier alpha value is -3.37. The number of benzene rings is 3. The maximum absolute atomic E-state index is 11.6. The van der Waals surface area contributed by atoms with Crippen LogP contribution in [0.2, 0.25) is 0 Å². The molecule has 4 rings (SSSR count). The molecule has 4 heteroatoms. The molecule has 1 saturated carbocycles. The molecule has 188 valence electrons. The van der Waals surface area contributed by atoms with Crippen molar-refractivity contribution < 1.29 is 19.4 Å². The van der Waals surface area contributed by atoms with Gasteiger partial charge in [-0.2, -0.15) is 0 Å². The maximum atomic E-state index is 11.6. The molecule has 4 nitrogen and oxygen atoms in total. The van der Waals surface area contributed by atoms with Crippen LogP contribution in [0.25, 0.3) is 22.3 Å². The third-order valence-corrected chi connectivity index (χ3v) is 7.06. The van der Waals surface area contributed by atoms with Crippen LogP contribution in [-0.2, 0) is 22.6 Å². The predicted octanol–water partition coefficient (Wildman–Crippen LogP) is 7.23. The normalized spacial score (nSPS) is 13.8. The maximum Gasteiger partial charge on any atom is 0.330 e. The van der Waals surface area contributed by atoms with Gasteiger partial charge < -0.3 is 14.6 Å². The van der Waals surface area contributed by atoms with Crippen molar-refractivity contribution in [1.82, 2.24) is 0 Å². The molecular formula is C32H36O4. The number of carbonyl (C=O) groups is 1. The van der Waals surface area contributed by atoms with Crippen LogP contribution in [0.3, 0.4) is 0 Å². The number of aliphatic hydroxyl groups is 1. The van der Waals surface area contributed by atoms with E-state index >= 15 is 0 Å². The molecule has 3 aromatic rings. The van der Waals surface area contributed by atoms with Crippen LogP contribution < -0.4 is 4.74 Å². The minimum Gasteiger partial charge on any atom is -0.491 e. The van der Waals surface area contributed by atoms with Crippen molar-refractivity contribution in [1.29, 1.82) is 0 Å². The van der Waals surface area contributed by atoms with E-state index in [0.29, 0.717) is 11.7 Å². The zero-order chi connectivity index (χ0) is 25.3. The van der Waals surface area contributed by atoms with Gasteiger partial charge in [0.2, 0.25) is 0 Å². The summed E-state index contributed by atoms with van der Waals surface area (Å²) in [4.78, 5) is 11.6. The number of aryl methyl sites for hydroxylation is 1. The Morgan fingerprint density at radius 3 is 2.33 bits per heavy atom. The summed E-state index contributed by atoms with van der Waals surface area (Å²) in [5, 5.41) is 9.15. The van der Waals surface area contributed by atoms with Gasteiger partial charge in [-0.25, -0.2) is 4.79 Å². The molecule has 1 aliphatic carbocycles.